The summed E-state index contributed by atoms with van der Waals surface area (Å²) in [5.74, 6) is -0.798. The van der Waals surface area contributed by atoms with Crippen molar-refractivity contribution in [2.45, 2.75) is 44.7 Å². The van der Waals surface area contributed by atoms with Crippen LogP contribution in [0.4, 0.5) is 4.39 Å². The molecule has 1 aliphatic carbocycles. The third-order valence-electron chi connectivity index (χ3n) is 3.64. The quantitative estimate of drug-likeness (QED) is 0.872. The van der Waals surface area contributed by atoms with Crippen molar-refractivity contribution in [3.05, 3.63) is 29.6 Å². The molecule has 1 aromatic rings. The van der Waals surface area contributed by atoms with Crippen LogP contribution in [0.3, 0.4) is 0 Å². The zero-order chi connectivity index (χ0) is 12.3. The van der Waals surface area contributed by atoms with Gasteiger partial charge in [0, 0.05) is 12.6 Å². The van der Waals surface area contributed by atoms with Crippen molar-refractivity contribution in [1.29, 1.82) is 0 Å². The fourth-order valence-corrected chi connectivity index (χ4v) is 2.59. The van der Waals surface area contributed by atoms with Gasteiger partial charge in [-0.25, -0.2) is 4.39 Å². The maximum absolute atomic E-state index is 13.2. The van der Waals surface area contributed by atoms with E-state index in [9.17, 15) is 4.39 Å². The Bertz CT molecular complexity index is 374. The van der Waals surface area contributed by atoms with Crippen molar-refractivity contribution in [3.8, 4) is 5.75 Å². The van der Waals surface area contributed by atoms with E-state index in [0.717, 1.165) is 12.1 Å². The minimum absolute atomic E-state index is 0.269. The Morgan fingerprint density at radius 2 is 2.00 bits per heavy atom. The SMILES string of the molecule is CN(Cc1ccc(O)c(F)c1)C1CCCCC1. The fourth-order valence-electron chi connectivity index (χ4n) is 2.59. The smallest absolute Gasteiger partial charge is 0.165 e. The Hall–Kier alpha value is -1.09. The van der Waals surface area contributed by atoms with Crippen LogP contribution in [0.1, 0.15) is 37.7 Å². The molecule has 0 bridgehead atoms. The number of halogens is 1. The summed E-state index contributed by atoms with van der Waals surface area (Å²) in [5, 5.41) is 9.14. The number of hydrogen-bond acceptors (Lipinski definition) is 2. The van der Waals surface area contributed by atoms with Crippen molar-refractivity contribution < 1.29 is 9.50 Å². The molecule has 0 atom stereocenters. The summed E-state index contributed by atoms with van der Waals surface area (Å²) in [7, 11) is 2.10. The first-order chi connectivity index (χ1) is 8.16. The van der Waals surface area contributed by atoms with Crippen molar-refractivity contribution in [1.82, 2.24) is 4.90 Å². The highest BCUT2D eigenvalue weighted by Crippen LogP contribution is 2.24. The molecule has 1 aromatic carbocycles. The standard InChI is InChI=1S/C14H20FNO/c1-16(12-5-3-2-4-6-12)10-11-7-8-14(17)13(15)9-11/h7-9,12,17H,2-6,10H2,1H3. The molecule has 0 aromatic heterocycles. The maximum Gasteiger partial charge on any atom is 0.165 e. The van der Waals surface area contributed by atoms with E-state index in [4.69, 9.17) is 5.11 Å². The Morgan fingerprint density at radius 1 is 1.29 bits per heavy atom. The van der Waals surface area contributed by atoms with Crippen LogP contribution in [0.25, 0.3) is 0 Å². The molecule has 2 nitrogen and oxygen atoms in total. The normalized spacial score (nSPS) is 17.6. The fraction of sp³-hybridized carbons (Fsp3) is 0.571. The molecule has 0 heterocycles. The van der Waals surface area contributed by atoms with Crippen molar-refractivity contribution in [3.63, 3.8) is 0 Å². The summed E-state index contributed by atoms with van der Waals surface area (Å²) >= 11 is 0. The van der Waals surface area contributed by atoms with Gasteiger partial charge in [0.05, 0.1) is 0 Å². The van der Waals surface area contributed by atoms with Crippen molar-refractivity contribution >= 4 is 0 Å². The lowest BCUT2D eigenvalue weighted by Crippen LogP contribution is -2.32. The van der Waals surface area contributed by atoms with Crippen LogP contribution in [-0.2, 0) is 6.54 Å². The number of phenols is 1. The highest BCUT2D eigenvalue weighted by atomic mass is 19.1. The van der Waals surface area contributed by atoms with Crippen LogP contribution >= 0.6 is 0 Å². The molecule has 1 aliphatic rings. The largest absolute Gasteiger partial charge is 0.505 e. The van der Waals surface area contributed by atoms with Gasteiger partial charge < -0.3 is 5.11 Å². The summed E-state index contributed by atoms with van der Waals surface area (Å²) in [6, 6.07) is 5.27. The van der Waals surface area contributed by atoms with E-state index in [2.05, 4.69) is 11.9 Å². The maximum atomic E-state index is 13.2. The molecule has 2 rings (SSSR count). The molecule has 1 saturated carbocycles. The van der Waals surface area contributed by atoms with Crippen LogP contribution < -0.4 is 0 Å². The molecule has 3 heteroatoms. The monoisotopic (exact) mass is 237 g/mol. The lowest BCUT2D eigenvalue weighted by atomic mass is 9.94. The molecule has 0 saturated heterocycles. The van der Waals surface area contributed by atoms with Crippen molar-refractivity contribution in [2.24, 2.45) is 0 Å². The van der Waals surface area contributed by atoms with Gasteiger partial charge in [0.15, 0.2) is 11.6 Å². The molecular weight excluding hydrogens is 217 g/mol. The summed E-state index contributed by atoms with van der Waals surface area (Å²) in [6.45, 7) is 0.752. The Kier molecular flexibility index (Phi) is 4.00. The molecule has 0 amide bonds. The van der Waals surface area contributed by atoms with Gasteiger partial charge in [-0.05, 0) is 37.6 Å². The number of rotatable bonds is 3. The van der Waals surface area contributed by atoms with Gasteiger partial charge in [0.1, 0.15) is 0 Å². The van der Waals surface area contributed by atoms with Gasteiger partial charge in [-0.15, -0.1) is 0 Å². The van der Waals surface area contributed by atoms with Crippen LogP contribution in [0.15, 0.2) is 18.2 Å². The van der Waals surface area contributed by atoms with Gasteiger partial charge in [0.2, 0.25) is 0 Å². The molecule has 0 aliphatic heterocycles. The van der Waals surface area contributed by atoms with Gasteiger partial charge >= 0.3 is 0 Å². The van der Waals surface area contributed by atoms with E-state index < -0.39 is 5.82 Å². The van der Waals surface area contributed by atoms with E-state index in [1.54, 1.807) is 6.07 Å². The van der Waals surface area contributed by atoms with E-state index in [1.807, 2.05) is 0 Å². The molecule has 0 radical (unpaired) electrons. The number of phenolic OH excluding ortho intramolecular Hbond substituents is 1. The number of hydrogen-bond donors (Lipinski definition) is 1. The summed E-state index contributed by atoms with van der Waals surface area (Å²) in [5.41, 5.74) is 0.924. The van der Waals surface area contributed by atoms with E-state index in [-0.39, 0.29) is 5.75 Å². The van der Waals surface area contributed by atoms with Crippen molar-refractivity contribution in [2.75, 3.05) is 7.05 Å². The third kappa shape index (κ3) is 3.19. The zero-order valence-electron chi connectivity index (χ0n) is 10.3. The second-order valence-corrected chi connectivity index (χ2v) is 4.99. The molecule has 17 heavy (non-hydrogen) atoms. The predicted molar refractivity (Wildman–Crippen MR) is 66.4 cm³/mol. The summed E-state index contributed by atoms with van der Waals surface area (Å²) < 4.78 is 13.2. The summed E-state index contributed by atoms with van der Waals surface area (Å²) in [6.07, 6.45) is 6.45. The highest BCUT2D eigenvalue weighted by molar-refractivity contribution is 5.27. The first kappa shape index (κ1) is 12.4. The van der Waals surface area contributed by atoms with Crippen LogP contribution in [0.2, 0.25) is 0 Å². The van der Waals surface area contributed by atoms with Gasteiger partial charge in [-0.1, -0.05) is 25.3 Å². The molecule has 0 unspecified atom stereocenters. The highest BCUT2D eigenvalue weighted by Gasteiger charge is 2.18. The first-order valence-corrected chi connectivity index (χ1v) is 6.34. The van der Waals surface area contributed by atoms with Crippen LogP contribution in [0, 0.1) is 5.82 Å². The number of aromatic hydroxyl groups is 1. The average molecular weight is 237 g/mol. The molecular formula is C14H20FNO. The minimum Gasteiger partial charge on any atom is -0.505 e. The van der Waals surface area contributed by atoms with Gasteiger partial charge in [-0.3, -0.25) is 4.90 Å². The second kappa shape index (κ2) is 5.50. The lowest BCUT2D eigenvalue weighted by Gasteiger charge is -2.31. The minimum atomic E-state index is -0.528. The third-order valence-corrected chi connectivity index (χ3v) is 3.64. The Balaban J connectivity index is 1.96. The van der Waals surface area contributed by atoms with Crippen LogP contribution in [0.5, 0.6) is 5.75 Å². The van der Waals surface area contributed by atoms with E-state index >= 15 is 0 Å². The second-order valence-electron chi connectivity index (χ2n) is 4.99. The number of nitrogens with zero attached hydrogens (tertiary/aromatic N) is 1. The first-order valence-electron chi connectivity index (χ1n) is 6.34. The zero-order valence-corrected chi connectivity index (χ0v) is 10.3. The van der Waals surface area contributed by atoms with E-state index in [0.29, 0.717) is 6.04 Å². The van der Waals surface area contributed by atoms with Gasteiger partial charge in [-0.2, -0.15) is 0 Å². The predicted octanol–water partition coefficient (Wildman–Crippen LogP) is 3.30. The summed E-state index contributed by atoms with van der Waals surface area (Å²) in [4.78, 5) is 2.30. The average Bonchev–Trinajstić information content (AvgIpc) is 2.35. The topological polar surface area (TPSA) is 23.5 Å². The van der Waals surface area contributed by atoms with Crippen LogP contribution in [-0.4, -0.2) is 23.1 Å². The van der Waals surface area contributed by atoms with E-state index in [1.165, 1.54) is 44.2 Å². The Labute approximate surface area is 102 Å². The lowest BCUT2D eigenvalue weighted by molar-refractivity contribution is 0.184. The molecule has 0 spiro atoms. The van der Waals surface area contributed by atoms with Gasteiger partial charge in [0.25, 0.3) is 0 Å². The molecule has 1 N–H and O–H groups in total. The Morgan fingerprint density at radius 3 is 2.65 bits per heavy atom. The molecule has 1 fully saturated rings. The number of benzene rings is 1. The molecule has 94 valence electrons.